The highest BCUT2D eigenvalue weighted by Gasteiger charge is 2.35. The molecule has 4 aromatic carbocycles. The first-order valence-corrected chi connectivity index (χ1v) is 12.6. The summed E-state index contributed by atoms with van der Waals surface area (Å²) in [6.45, 7) is 0. The van der Waals surface area contributed by atoms with Gasteiger partial charge >= 0.3 is 11.9 Å². The van der Waals surface area contributed by atoms with E-state index in [4.69, 9.17) is 9.47 Å². The van der Waals surface area contributed by atoms with Crippen LogP contribution in [0, 0.1) is 11.6 Å². The Morgan fingerprint density at radius 3 is 1.34 bits per heavy atom. The largest absolute Gasteiger partial charge is 0.423 e. The van der Waals surface area contributed by atoms with Crippen molar-refractivity contribution in [2.45, 2.75) is 37.5 Å². The predicted molar refractivity (Wildman–Crippen MR) is 139 cm³/mol. The highest BCUT2D eigenvalue weighted by atomic mass is 19.1. The average molecular weight is 513 g/mol. The van der Waals surface area contributed by atoms with Gasteiger partial charge in [0.1, 0.15) is 23.1 Å². The Morgan fingerprint density at radius 2 is 0.947 bits per heavy atom. The molecule has 1 fully saturated rings. The Bertz CT molecular complexity index is 1330. The van der Waals surface area contributed by atoms with Crippen LogP contribution in [-0.2, 0) is 5.41 Å². The van der Waals surface area contributed by atoms with Crippen LogP contribution in [0.2, 0.25) is 0 Å². The highest BCUT2D eigenvalue weighted by Crippen LogP contribution is 2.45. The van der Waals surface area contributed by atoms with Crippen LogP contribution >= 0.6 is 0 Å². The second kappa shape index (κ2) is 11.0. The monoisotopic (exact) mass is 512 g/mol. The van der Waals surface area contributed by atoms with Crippen molar-refractivity contribution in [1.82, 2.24) is 0 Å². The third kappa shape index (κ3) is 5.21. The number of halogens is 2. The zero-order chi connectivity index (χ0) is 26.5. The van der Waals surface area contributed by atoms with E-state index in [9.17, 15) is 18.4 Å². The van der Waals surface area contributed by atoms with Crippen molar-refractivity contribution < 1.29 is 27.8 Å². The predicted octanol–water partition coefficient (Wildman–Crippen LogP) is 7.65. The van der Waals surface area contributed by atoms with Crippen molar-refractivity contribution in [3.05, 3.63) is 131 Å². The first-order chi connectivity index (χ1) is 18.5. The van der Waals surface area contributed by atoms with E-state index in [1.807, 2.05) is 24.3 Å². The highest BCUT2D eigenvalue weighted by molar-refractivity contribution is 5.91. The molecule has 4 aromatic rings. The third-order valence-electron chi connectivity index (χ3n) is 7.13. The lowest BCUT2D eigenvalue weighted by atomic mass is 9.65. The van der Waals surface area contributed by atoms with E-state index in [1.165, 1.54) is 36.4 Å². The number of hydrogen-bond acceptors (Lipinski definition) is 4. The zero-order valence-corrected chi connectivity index (χ0v) is 20.7. The molecule has 192 valence electrons. The lowest BCUT2D eigenvalue weighted by molar-refractivity contribution is 0.0720. The molecule has 6 heteroatoms. The number of rotatable bonds is 6. The molecule has 0 unspecified atom stereocenters. The Hall–Kier alpha value is -4.32. The Kier molecular flexibility index (Phi) is 7.31. The van der Waals surface area contributed by atoms with Crippen LogP contribution in [0.15, 0.2) is 97.1 Å². The van der Waals surface area contributed by atoms with Gasteiger partial charge in [-0.05, 0) is 72.5 Å². The maximum Gasteiger partial charge on any atom is 0.346 e. The Morgan fingerprint density at radius 1 is 0.553 bits per heavy atom. The number of esters is 2. The van der Waals surface area contributed by atoms with E-state index < -0.39 is 23.6 Å². The molecule has 0 amide bonds. The summed E-state index contributed by atoms with van der Waals surface area (Å²) in [5, 5.41) is 0. The normalized spacial score (nSPS) is 14.5. The molecule has 0 radical (unpaired) electrons. The second-order valence-electron chi connectivity index (χ2n) is 9.43. The van der Waals surface area contributed by atoms with Crippen molar-refractivity contribution in [3.63, 3.8) is 0 Å². The zero-order valence-electron chi connectivity index (χ0n) is 20.7. The van der Waals surface area contributed by atoms with Crippen LogP contribution in [0.1, 0.15) is 63.9 Å². The number of benzene rings is 4. The molecule has 38 heavy (non-hydrogen) atoms. The summed E-state index contributed by atoms with van der Waals surface area (Å²) in [7, 11) is 0. The smallest absolute Gasteiger partial charge is 0.346 e. The van der Waals surface area contributed by atoms with Gasteiger partial charge in [-0.3, -0.25) is 0 Å². The molecule has 0 aliphatic heterocycles. The summed E-state index contributed by atoms with van der Waals surface area (Å²) in [5.41, 5.74) is 1.69. The molecule has 0 atom stereocenters. The fourth-order valence-corrected chi connectivity index (χ4v) is 5.16. The van der Waals surface area contributed by atoms with Crippen LogP contribution in [0.3, 0.4) is 0 Å². The summed E-state index contributed by atoms with van der Waals surface area (Å²) in [6, 6.07) is 26.1. The van der Waals surface area contributed by atoms with Gasteiger partial charge in [0.2, 0.25) is 0 Å². The summed E-state index contributed by atoms with van der Waals surface area (Å²) in [5.74, 6) is -2.07. The van der Waals surface area contributed by atoms with Gasteiger partial charge in [0.05, 0.1) is 11.1 Å². The van der Waals surface area contributed by atoms with Crippen LogP contribution in [0.4, 0.5) is 8.78 Å². The van der Waals surface area contributed by atoms with Crippen LogP contribution < -0.4 is 9.47 Å². The summed E-state index contributed by atoms with van der Waals surface area (Å²) in [4.78, 5) is 24.8. The minimum absolute atomic E-state index is 0.115. The molecule has 0 N–H and O–H groups in total. The van der Waals surface area contributed by atoms with Crippen molar-refractivity contribution in [1.29, 1.82) is 0 Å². The molecular weight excluding hydrogens is 486 g/mol. The molecule has 4 nitrogen and oxygen atoms in total. The van der Waals surface area contributed by atoms with Crippen LogP contribution in [0.5, 0.6) is 11.5 Å². The van der Waals surface area contributed by atoms with Crippen LogP contribution in [0.25, 0.3) is 0 Å². The first kappa shape index (κ1) is 25.3. The molecule has 5 rings (SSSR count). The maximum atomic E-state index is 13.9. The van der Waals surface area contributed by atoms with Crippen molar-refractivity contribution in [3.8, 4) is 11.5 Å². The lowest BCUT2D eigenvalue weighted by Crippen LogP contribution is -2.30. The minimum Gasteiger partial charge on any atom is -0.423 e. The van der Waals surface area contributed by atoms with Gasteiger partial charge in [0, 0.05) is 5.41 Å². The third-order valence-corrected chi connectivity index (χ3v) is 7.13. The fourth-order valence-electron chi connectivity index (χ4n) is 5.16. The fraction of sp³-hybridized carbons (Fsp3) is 0.188. The van der Waals surface area contributed by atoms with E-state index in [0.717, 1.165) is 43.2 Å². The van der Waals surface area contributed by atoms with E-state index in [1.54, 1.807) is 36.4 Å². The Balaban J connectivity index is 1.35. The van der Waals surface area contributed by atoms with Crippen molar-refractivity contribution in [2.75, 3.05) is 0 Å². The molecular formula is C32H26F2O4. The van der Waals surface area contributed by atoms with Gasteiger partial charge in [-0.2, -0.15) is 0 Å². The maximum absolute atomic E-state index is 13.9. The summed E-state index contributed by atoms with van der Waals surface area (Å²) in [6.07, 6.45) is 5.16. The average Bonchev–Trinajstić information content (AvgIpc) is 2.94. The quantitative estimate of drug-likeness (QED) is 0.197. The molecule has 0 bridgehead atoms. The number of carbonyl (C=O) groups is 2. The second-order valence-corrected chi connectivity index (χ2v) is 9.43. The topological polar surface area (TPSA) is 52.6 Å². The SMILES string of the molecule is O=C(Oc1ccc(C2(c3ccc(OC(=O)c4ccccc4F)cc3)CCCCC2)cc1)c1ccccc1F. The molecule has 1 aliphatic rings. The van der Waals surface area contributed by atoms with Crippen molar-refractivity contribution in [2.24, 2.45) is 0 Å². The molecule has 0 heterocycles. The number of hydrogen-bond donors (Lipinski definition) is 0. The molecule has 1 aliphatic carbocycles. The first-order valence-electron chi connectivity index (χ1n) is 12.6. The van der Waals surface area contributed by atoms with Crippen LogP contribution in [-0.4, -0.2) is 11.9 Å². The van der Waals surface area contributed by atoms with Crippen molar-refractivity contribution >= 4 is 11.9 Å². The van der Waals surface area contributed by atoms with E-state index in [0.29, 0.717) is 11.5 Å². The number of carbonyl (C=O) groups excluding carboxylic acids is 2. The molecule has 0 aromatic heterocycles. The summed E-state index contributed by atoms with van der Waals surface area (Å²) < 4.78 is 38.7. The van der Waals surface area contributed by atoms with E-state index in [-0.39, 0.29) is 16.5 Å². The molecule has 0 spiro atoms. The minimum atomic E-state index is -0.747. The summed E-state index contributed by atoms with van der Waals surface area (Å²) >= 11 is 0. The van der Waals surface area contributed by atoms with E-state index >= 15 is 0 Å². The van der Waals surface area contributed by atoms with E-state index in [2.05, 4.69) is 0 Å². The standard InChI is InChI=1S/C32H26F2O4/c33-28-10-4-2-8-26(28)30(35)37-24-16-12-22(13-17-24)32(20-6-1-7-21-32)23-14-18-25(19-15-23)38-31(36)27-9-3-5-11-29(27)34/h2-5,8-19H,1,6-7,20-21H2. The molecule has 0 saturated heterocycles. The Labute approximate surface area is 219 Å². The molecule has 1 saturated carbocycles. The van der Waals surface area contributed by atoms with Gasteiger partial charge < -0.3 is 9.47 Å². The van der Waals surface area contributed by atoms with Gasteiger partial charge in [-0.25, -0.2) is 18.4 Å². The van der Waals surface area contributed by atoms with Gasteiger partial charge in [-0.1, -0.05) is 67.8 Å². The van der Waals surface area contributed by atoms with Gasteiger partial charge in [0.25, 0.3) is 0 Å². The van der Waals surface area contributed by atoms with Gasteiger partial charge in [-0.15, -0.1) is 0 Å². The lowest BCUT2D eigenvalue weighted by Gasteiger charge is -2.38. The van der Waals surface area contributed by atoms with Gasteiger partial charge in [0.15, 0.2) is 0 Å². The number of ether oxygens (including phenoxy) is 2.